The molecule has 0 bridgehead atoms. The Labute approximate surface area is 93.9 Å². The summed E-state index contributed by atoms with van der Waals surface area (Å²) < 4.78 is 15.5. The van der Waals surface area contributed by atoms with Crippen molar-refractivity contribution in [1.82, 2.24) is 15.3 Å². The van der Waals surface area contributed by atoms with Gasteiger partial charge in [0, 0.05) is 12.6 Å². The third-order valence-corrected chi connectivity index (χ3v) is 2.37. The van der Waals surface area contributed by atoms with Gasteiger partial charge in [-0.15, -0.1) is 0 Å². The molecule has 0 aliphatic carbocycles. The number of morpholine rings is 1. The van der Waals surface area contributed by atoms with E-state index < -0.39 is 0 Å². The Balaban J connectivity index is 2.24. The summed E-state index contributed by atoms with van der Waals surface area (Å²) in [4.78, 5) is 8.31. The molecule has 1 aromatic rings. The average Bonchev–Trinajstić information content (AvgIpc) is 2.39. The van der Waals surface area contributed by atoms with E-state index in [0.717, 1.165) is 18.8 Å². The Morgan fingerprint density at radius 1 is 1.38 bits per heavy atom. The van der Waals surface area contributed by atoms with Crippen LogP contribution in [0, 0.1) is 0 Å². The highest BCUT2D eigenvalue weighted by molar-refractivity contribution is 5.21. The summed E-state index contributed by atoms with van der Waals surface area (Å²) in [6.07, 6.45) is 0. The molecule has 2 heterocycles. The number of nitrogens with one attached hydrogen (secondary N) is 1. The molecule has 1 saturated heterocycles. The standard InChI is InChI=1S/C10H15N3O3/c1-14-9-5-7(12-10(13-9)15-2)8-6-16-4-3-11-8/h5,8,11H,3-4,6H2,1-2H3. The molecule has 1 fully saturated rings. The van der Waals surface area contributed by atoms with Crippen molar-refractivity contribution in [2.75, 3.05) is 34.0 Å². The fourth-order valence-electron chi connectivity index (χ4n) is 1.55. The Morgan fingerprint density at radius 3 is 2.88 bits per heavy atom. The van der Waals surface area contributed by atoms with Gasteiger partial charge in [-0.1, -0.05) is 0 Å². The molecule has 1 aliphatic heterocycles. The lowest BCUT2D eigenvalue weighted by molar-refractivity contribution is 0.0752. The number of ether oxygens (including phenoxy) is 3. The monoisotopic (exact) mass is 225 g/mol. The van der Waals surface area contributed by atoms with E-state index in [1.165, 1.54) is 7.11 Å². The van der Waals surface area contributed by atoms with Crippen LogP contribution in [0.5, 0.6) is 11.9 Å². The Kier molecular flexibility index (Phi) is 3.53. The Morgan fingerprint density at radius 2 is 2.25 bits per heavy atom. The second-order valence-corrected chi connectivity index (χ2v) is 3.40. The highest BCUT2D eigenvalue weighted by Crippen LogP contribution is 2.20. The van der Waals surface area contributed by atoms with Gasteiger partial charge in [0.05, 0.1) is 39.2 Å². The third kappa shape index (κ3) is 2.40. The number of methoxy groups -OCH3 is 2. The summed E-state index contributed by atoms with van der Waals surface area (Å²) in [6, 6.07) is 2.16. The largest absolute Gasteiger partial charge is 0.481 e. The van der Waals surface area contributed by atoms with Crippen LogP contribution in [0.4, 0.5) is 0 Å². The smallest absolute Gasteiger partial charge is 0.319 e. The van der Waals surface area contributed by atoms with Crippen molar-refractivity contribution in [3.05, 3.63) is 11.8 Å². The zero-order valence-corrected chi connectivity index (χ0v) is 9.40. The lowest BCUT2D eigenvalue weighted by atomic mass is 10.2. The van der Waals surface area contributed by atoms with Gasteiger partial charge in [-0.2, -0.15) is 9.97 Å². The molecule has 6 heteroatoms. The number of hydrogen-bond donors (Lipinski definition) is 1. The maximum absolute atomic E-state index is 5.38. The SMILES string of the molecule is COc1cc(C2COCCN2)nc(OC)n1. The quantitative estimate of drug-likeness (QED) is 0.790. The van der Waals surface area contributed by atoms with Crippen molar-refractivity contribution >= 4 is 0 Å². The van der Waals surface area contributed by atoms with E-state index in [1.807, 2.05) is 0 Å². The van der Waals surface area contributed by atoms with E-state index in [0.29, 0.717) is 18.5 Å². The van der Waals surface area contributed by atoms with E-state index in [2.05, 4.69) is 15.3 Å². The number of rotatable bonds is 3. The van der Waals surface area contributed by atoms with Gasteiger partial charge in [-0.05, 0) is 0 Å². The van der Waals surface area contributed by atoms with Gasteiger partial charge in [-0.3, -0.25) is 0 Å². The molecule has 0 spiro atoms. The molecular weight excluding hydrogens is 210 g/mol. The second-order valence-electron chi connectivity index (χ2n) is 3.40. The molecule has 0 radical (unpaired) electrons. The predicted molar refractivity (Wildman–Crippen MR) is 56.7 cm³/mol. The van der Waals surface area contributed by atoms with Crippen LogP contribution >= 0.6 is 0 Å². The molecule has 88 valence electrons. The van der Waals surface area contributed by atoms with E-state index in [1.54, 1.807) is 13.2 Å². The van der Waals surface area contributed by atoms with Crippen LogP contribution in [0.25, 0.3) is 0 Å². The fourth-order valence-corrected chi connectivity index (χ4v) is 1.55. The van der Waals surface area contributed by atoms with E-state index in [-0.39, 0.29) is 6.04 Å². The lowest BCUT2D eigenvalue weighted by Gasteiger charge is -2.23. The number of nitrogens with zero attached hydrogens (tertiary/aromatic N) is 2. The molecule has 2 rings (SSSR count). The molecular formula is C10H15N3O3. The number of hydrogen-bond acceptors (Lipinski definition) is 6. The predicted octanol–water partition coefficient (Wildman–Crippen LogP) is 0.155. The van der Waals surface area contributed by atoms with Gasteiger partial charge in [0.25, 0.3) is 0 Å². The molecule has 0 amide bonds. The first-order chi connectivity index (χ1) is 7.83. The third-order valence-electron chi connectivity index (χ3n) is 2.37. The lowest BCUT2D eigenvalue weighted by Crippen LogP contribution is -2.35. The molecule has 16 heavy (non-hydrogen) atoms. The summed E-state index contributed by atoms with van der Waals surface area (Å²) in [5, 5.41) is 3.31. The Bertz CT molecular complexity index is 331. The normalized spacial score (nSPS) is 20.5. The van der Waals surface area contributed by atoms with Crippen molar-refractivity contribution < 1.29 is 14.2 Å². The average molecular weight is 225 g/mol. The minimum absolute atomic E-state index is 0.0690. The van der Waals surface area contributed by atoms with Crippen LogP contribution in [0.3, 0.4) is 0 Å². The topological polar surface area (TPSA) is 65.5 Å². The van der Waals surface area contributed by atoms with Crippen LogP contribution in [0.15, 0.2) is 6.07 Å². The van der Waals surface area contributed by atoms with Gasteiger partial charge < -0.3 is 19.5 Å². The Hall–Kier alpha value is -1.40. The molecule has 0 aromatic carbocycles. The minimum atomic E-state index is 0.0690. The first-order valence-corrected chi connectivity index (χ1v) is 5.11. The van der Waals surface area contributed by atoms with E-state index in [4.69, 9.17) is 14.2 Å². The summed E-state index contributed by atoms with van der Waals surface area (Å²) in [7, 11) is 3.10. The van der Waals surface area contributed by atoms with E-state index in [9.17, 15) is 0 Å². The van der Waals surface area contributed by atoms with Gasteiger partial charge in [0.2, 0.25) is 5.88 Å². The molecule has 0 saturated carbocycles. The van der Waals surface area contributed by atoms with Crippen molar-refractivity contribution in [3.63, 3.8) is 0 Å². The summed E-state index contributed by atoms with van der Waals surface area (Å²) in [6.45, 7) is 2.15. The van der Waals surface area contributed by atoms with Gasteiger partial charge in [0.1, 0.15) is 0 Å². The highest BCUT2D eigenvalue weighted by atomic mass is 16.5. The highest BCUT2D eigenvalue weighted by Gasteiger charge is 2.18. The molecule has 1 aromatic heterocycles. The van der Waals surface area contributed by atoms with Crippen LogP contribution in [0.1, 0.15) is 11.7 Å². The van der Waals surface area contributed by atoms with Crippen molar-refractivity contribution in [1.29, 1.82) is 0 Å². The summed E-state index contributed by atoms with van der Waals surface area (Å²) in [5.41, 5.74) is 0.823. The molecule has 1 N–H and O–H groups in total. The van der Waals surface area contributed by atoms with Crippen molar-refractivity contribution in [2.24, 2.45) is 0 Å². The van der Waals surface area contributed by atoms with E-state index >= 15 is 0 Å². The van der Waals surface area contributed by atoms with Crippen LogP contribution in [0.2, 0.25) is 0 Å². The first kappa shape index (κ1) is 11.1. The minimum Gasteiger partial charge on any atom is -0.481 e. The second kappa shape index (κ2) is 5.09. The first-order valence-electron chi connectivity index (χ1n) is 5.11. The van der Waals surface area contributed by atoms with Crippen molar-refractivity contribution in [2.45, 2.75) is 6.04 Å². The molecule has 1 atom stereocenters. The maximum atomic E-state index is 5.38. The molecule has 1 aliphatic rings. The fraction of sp³-hybridized carbons (Fsp3) is 0.600. The van der Waals surface area contributed by atoms with Crippen LogP contribution in [-0.2, 0) is 4.74 Å². The summed E-state index contributed by atoms with van der Waals surface area (Å²) >= 11 is 0. The van der Waals surface area contributed by atoms with Gasteiger partial charge in [-0.25, -0.2) is 0 Å². The van der Waals surface area contributed by atoms with Gasteiger partial charge in [0.15, 0.2) is 0 Å². The van der Waals surface area contributed by atoms with Crippen LogP contribution < -0.4 is 14.8 Å². The van der Waals surface area contributed by atoms with Gasteiger partial charge >= 0.3 is 6.01 Å². The summed E-state index contributed by atoms with van der Waals surface area (Å²) in [5.74, 6) is 0.495. The zero-order valence-electron chi connectivity index (χ0n) is 9.40. The zero-order chi connectivity index (χ0) is 11.4. The maximum Gasteiger partial charge on any atom is 0.319 e. The molecule has 6 nitrogen and oxygen atoms in total. The molecule has 1 unspecified atom stereocenters. The number of aromatic nitrogens is 2. The van der Waals surface area contributed by atoms with Crippen molar-refractivity contribution in [3.8, 4) is 11.9 Å². The van der Waals surface area contributed by atoms with Crippen LogP contribution in [-0.4, -0.2) is 43.9 Å².